The minimum atomic E-state index is 0.00739. The van der Waals surface area contributed by atoms with Crippen LogP contribution in [0.3, 0.4) is 0 Å². The summed E-state index contributed by atoms with van der Waals surface area (Å²) in [4.78, 5) is 0. The fourth-order valence-corrected chi connectivity index (χ4v) is 4.05. The average Bonchev–Trinajstić information content (AvgIpc) is 3.01. The molecule has 1 N–H and O–H groups in total. The monoisotopic (exact) mass is 274 g/mol. The molecule has 1 fully saturated rings. The van der Waals surface area contributed by atoms with Gasteiger partial charge in [0.15, 0.2) is 0 Å². The second kappa shape index (κ2) is 6.28. The van der Waals surface area contributed by atoms with Crippen molar-refractivity contribution in [1.82, 2.24) is 0 Å². The van der Waals surface area contributed by atoms with Crippen molar-refractivity contribution in [2.75, 3.05) is 13.2 Å². The highest BCUT2D eigenvalue weighted by atomic mass is 16.5. The minimum absolute atomic E-state index is 0.00739. The van der Waals surface area contributed by atoms with E-state index >= 15 is 0 Å². The molecule has 1 aromatic rings. The van der Waals surface area contributed by atoms with E-state index in [4.69, 9.17) is 4.74 Å². The number of benzene rings is 1. The Bertz CT molecular complexity index is 437. The van der Waals surface area contributed by atoms with Crippen LogP contribution < -0.4 is 0 Å². The summed E-state index contributed by atoms with van der Waals surface area (Å²) >= 11 is 0. The van der Waals surface area contributed by atoms with Gasteiger partial charge in [-0.25, -0.2) is 0 Å². The van der Waals surface area contributed by atoms with E-state index in [0.717, 1.165) is 25.9 Å². The van der Waals surface area contributed by atoms with Crippen molar-refractivity contribution in [3.63, 3.8) is 0 Å². The molecule has 0 saturated carbocycles. The first-order chi connectivity index (χ1) is 9.84. The van der Waals surface area contributed by atoms with Crippen LogP contribution in [-0.4, -0.2) is 24.4 Å². The van der Waals surface area contributed by atoms with Gasteiger partial charge in [0.1, 0.15) is 0 Å². The van der Waals surface area contributed by atoms with E-state index in [9.17, 15) is 5.11 Å². The molecule has 2 unspecified atom stereocenters. The predicted octanol–water partition coefficient (Wildman–Crippen LogP) is 3.60. The zero-order valence-electron chi connectivity index (χ0n) is 12.3. The molecule has 1 heterocycles. The molecule has 2 heteroatoms. The number of fused-ring (bicyclic) bond motifs is 1. The summed E-state index contributed by atoms with van der Waals surface area (Å²) in [7, 11) is 0. The van der Waals surface area contributed by atoms with Crippen LogP contribution in [0.2, 0.25) is 0 Å². The first kappa shape index (κ1) is 14.1. The molecular formula is C18H26O2. The molecule has 0 aromatic heterocycles. The predicted molar refractivity (Wildman–Crippen MR) is 81.0 cm³/mol. The lowest BCUT2D eigenvalue weighted by Gasteiger charge is -2.38. The van der Waals surface area contributed by atoms with E-state index < -0.39 is 0 Å². The van der Waals surface area contributed by atoms with Gasteiger partial charge in [0.25, 0.3) is 0 Å². The van der Waals surface area contributed by atoms with Crippen LogP contribution in [0.5, 0.6) is 0 Å². The third kappa shape index (κ3) is 2.77. The molecule has 0 amide bonds. The molecular weight excluding hydrogens is 248 g/mol. The average molecular weight is 274 g/mol. The van der Waals surface area contributed by atoms with E-state index in [1.807, 2.05) is 0 Å². The second-order valence-corrected chi connectivity index (χ2v) is 6.48. The summed E-state index contributed by atoms with van der Waals surface area (Å²) in [5, 5.41) is 10.0. The number of hydrogen-bond acceptors (Lipinski definition) is 2. The van der Waals surface area contributed by atoms with Crippen molar-refractivity contribution in [3.8, 4) is 0 Å². The van der Waals surface area contributed by atoms with Gasteiger partial charge in [0, 0.05) is 12.0 Å². The van der Waals surface area contributed by atoms with Crippen molar-refractivity contribution in [3.05, 3.63) is 35.4 Å². The maximum atomic E-state index is 10.0. The quantitative estimate of drug-likeness (QED) is 0.889. The Hall–Kier alpha value is -0.860. The highest BCUT2D eigenvalue weighted by Gasteiger charge is 2.35. The van der Waals surface area contributed by atoms with Gasteiger partial charge in [0.05, 0.1) is 12.7 Å². The van der Waals surface area contributed by atoms with Crippen LogP contribution in [0.15, 0.2) is 24.3 Å². The SMILES string of the molecule is OCC1(CCCC2CCCO2)CCCc2ccccc21. The molecule has 0 spiro atoms. The van der Waals surface area contributed by atoms with Gasteiger partial charge in [-0.05, 0) is 62.5 Å². The Morgan fingerprint density at radius 2 is 2.15 bits per heavy atom. The minimum Gasteiger partial charge on any atom is -0.395 e. The molecule has 1 saturated heterocycles. The van der Waals surface area contributed by atoms with Gasteiger partial charge in [-0.2, -0.15) is 0 Å². The summed E-state index contributed by atoms with van der Waals surface area (Å²) in [6.07, 6.45) is 9.85. The third-order valence-corrected chi connectivity index (χ3v) is 5.20. The lowest BCUT2D eigenvalue weighted by atomic mass is 9.67. The smallest absolute Gasteiger partial charge is 0.0576 e. The molecule has 2 aliphatic rings. The van der Waals surface area contributed by atoms with E-state index in [2.05, 4.69) is 24.3 Å². The zero-order chi connectivity index (χ0) is 13.8. The van der Waals surface area contributed by atoms with Crippen LogP contribution in [0, 0.1) is 0 Å². The van der Waals surface area contributed by atoms with Crippen molar-refractivity contribution in [2.24, 2.45) is 0 Å². The fourth-order valence-electron chi connectivity index (χ4n) is 4.05. The van der Waals surface area contributed by atoms with Gasteiger partial charge in [-0.3, -0.25) is 0 Å². The topological polar surface area (TPSA) is 29.5 Å². The molecule has 3 rings (SSSR count). The summed E-state index contributed by atoms with van der Waals surface area (Å²) in [5.74, 6) is 0. The lowest BCUT2D eigenvalue weighted by molar-refractivity contribution is 0.0952. The maximum absolute atomic E-state index is 10.0. The summed E-state index contributed by atoms with van der Waals surface area (Å²) in [6.45, 7) is 1.23. The van der Waals surface area contributed by atoms with Crippen LogP contribution in [-0.2, 0) is 16.6 Å². The van der Waals surface area contributed by atoms with E-state index in [1.54, 1.807) is 0 Å². The Morgan fingerprint density at radius 3 is 2.95 bits per heavy atom. The number of aliphatic hydroxyl groups excluding tert-OH is 1. The van der Waals surface area contributed by atoms with E-state index in [1.165, 1.54) is 43.2 Å². The van der Waals surface area contributed by atoms with Gasteiger partial charge in [0.2, 0.25) is 0 Å². The molecule has 2 atom stereocenters. The molecule has 0 bridgehead atoms. The third-order valence-electron chi connectivity index (χ3n) is 5.20. The highest BCUT2D eigenvalue weighted by Crippen LogP contribution is 2.41. The van der Waals surface area contributed by atoms with Gasteiger partial charge in [-0.15, -0.1) is 0 Å². The van der Waals surface area contributed by atoms with E-state index in [-0.39, 0.29) is 12.0 Å². The van der Waals surface area contributed by atoms with Crippen LogP contribution in [0.4, 0.5) is 0 Å². The number of ether oxygens (including phenoxy) is 1. The molecule has 1 aromatic carbocycles. The Balaban J connectivity index is 1.68. The standard InChI is InChI=1S/C18H26O2/c19-14-18(12-4-8-16-9-5-13-20-16)11-3-7-15-6-1-2-10-17(15)18/h1-2,6,10,16,19H,3-5,7-9,11-14H2. The van der Waals surface area contributed by atoms with Crippen LogP contribution in [0.25, 0.3) is 0 Å². The maximum Gasteiger partial charge on any atom is 0.0576 e. The van der Waals surface area contributed by atoms with Gasteiger partial charge in [-0.1, -0.05) is 24.3 Å². The molecule has 1 aliphatic carbocycles. The number of rotatable bonds is 5. The first-order valence-electron chi connectivity index (χ1n) is 8.15. The molecule has 1 aliphatic heterocycles. The van der Waals surface area contributed by atoms with Crippen LogP contribution >= 0.6 is 0 Å². The first-order valence-corrected chi connectivity index (χ1v) is 8.15. The fraction of sp³-hybridized carbons (Fsp3) is 0.667. The summed E-state index contributed by atoms with van der Waals surface area (Å²) < 4.78 is 5.72. The van der Waals surface area contributed by atoms with Crippen molar-refractivity contribution in [2.45, 2.75) is 62.9 Å². The number of hydrogen-bond donors (Lipinski definition) is 1. The molecule has 0 radical (unpaired) electrons. The molecule has 110 valence electrons. The number of aliphatic hydroxyl groups is 1. The summed E-state index contributed by atoms with van der Waals surface area (Å²) in [5.41, 5.74) is 2.86. The van der Waals surface area contributed by atoms with Crippen molar-refractivity contribution >= 4 is 0 Å². The largest absolute Gasteiger partial charge is 0.395 e. The van der Waals surface area contributed by atoms with Crippen molar-refractivity contribution < 1.29 is 9.84 Å². The Morgan fingerprint density at radius 1 is 1.25 bits per heavy atom. The van der Waals surface area contributed by atoms with Gasteiger partial charge < -0.3 is 9.84 Å². The lowest BCUT2D eigenvalue weighted by Crippen LogP contribution is -2.35. The second-order valence-electron chi connectivity index (χ2n) is 6.48. The normalized spacial score (nSPS) is 29.4. The van der Waals surface area contributed by atoms with Crippen LogP contribution in [0.1, 0.15) is 56.1 Å². The Kier molecular flexibility index (Phi) is 4.42. The zero-order valence-corrected chi connectivity index (χ0v) is 12.3. The molecule has 2 nitrogen and oxygen atoms in total. The van der Waals surface area contributed by atoms with Crippen molar-refractivity contribution in [1.29, 1.82) is 0 Å². The summed E-state index contributed by atoms with van der Waals surface area (Å²) in [6, 6.07) is 8.71. The van der Waals surface area contributed by atoms with Gasteiger partial charge >= 0.3 is 0 Å². The number of aryl methyl sites for hydroxylation is 1. The molecule has 20 heavy (non-hydrogen) atoms. The Labute approximate surface area is 122 Å². The highest BCUT2D eigenvalue weighted by molar-refractivity contribution is 5.36. The van der Waals surface area contributed by atoms with E-state index in [0.29, 0.717) is 6.10 Å².